The highest BCUT2D eigenvalue weighted by Crippen LogP contribution is 2.29. The van der Waals surface area contributed by atoms with Crippen molar-refractivity contribution < 1.29 is 31.1 Å². The van der Waals surface area contributed by atoms with Crippen molar-refractivity contribution in [1.82, 2.24) is 10.0 Å². The molecule has 1 heterocycles. The molecule has 0 atom stereocenters. The van der Waals surface area contributed by atoms with E-state index in [9.17, 15) is 26.4 Å². The second kappa shape index (κ2) is 5.72. The Morgan fingerprint density at radius 1 is 1.18 bits per heavy atom. The van der Waals surface area contributed by atoms with Crippen LogP contribution in [0.15, 0.2) is 53.2 Å². The Balaban J connectivity index is 2.36. The van der Waals surface area contributed by atoms with E-state index in [0.717, 1.165) is 24.4 Å². The maximum absolute atomic E-state index is 12.3. The molecular weight excluding hydrogens is 325 g/mol. The van der Waals surface area contributed by atoms with Gasteiger partial charge in [-0.3, -0.25) is 9.52 Å². The Labute approximate surface area is 123 Å². The molecule has 10 heteroatoms. The summed E-state index contributed by atoms with van der Waals surface area (Å²) in [7, 11) is -4.45. The number of hydrogen-bond donors (Lipinski definition) is 1. The van der Waals surface area contributed by atoms with Crippen LogP contribution in [0.25, 0.3) is 0 Å². The molecule has 0 aromatic heterocycles. The zero-order valence-corrected chi connectivity index (χ0v) is 11.5. The van der Waals surface area contributed by atoms with Gasteiger partial charge in [-0.1, -0.05) is 12.1 Å². The molecule has 22 heavy (non-hydrogen) atoms. The number of hydrogen-bond acceptors (Lipinski definition) is 4. The predicted molar refractivity (Wildman–Crippen MR) is 67.8 cm³/mol. The number of nitrogens with one attached hydrogen (secondary N) is 1. The van der Waals surface area contributed by atoms with Crippen molar-refractivity contribution in [2.45, 2.75) is 11.3 Å². The van der Waals surface area contributed by atoms with Crippen LogP contribution in [0.1, 0.15) is 0 Å². The minimum absolute atomic E-state index is 0.385. The third-order valence-electron chi connectivity index (χ3n) is 2.38. The third-order valence-corrected chi connectivity index (χ3v) is 3.78. The van der Waals surface area contributed by atoms with E-state index in [-0.39, 0.29) is 5.70 Å². The first kappa shape index (κ1) is 15.9. The quantitative estimate of drug-likeness (QED) is 0.902. The molecule has 0 bridgehead atoms. The highest BCUT2D eigenvalue weighted by atomic mass is 32.2. The molecule has 1 aromatic rings. The van der Waals surface area contributed by atoms with Crippen LogP contribution < -0.4 is 14.8 Å². The summed E-state index contributed by atoms with van der Waals surface area (Å²) in [5.41, 5.74) is -0.385. The number of sulfonamides is 1. The lowest BCUT2D eigenvalue weighted by molar-refractivity contribution is -0.275. The van der Waals surface area contributed by atoms with Crippen LogP contribution >= 0.6 is 0 Å². The summed E-state index contributed by atoms with van der Waals surface area (Å²) in [4.78, 5) is 10.6. The number of halogens is 3. The SMILES string of the molecule is O=C1[N]C=CC=C1NS(=O)(=O)c1ccccc1OC(F)(F)F. The fraction of sp³-hybridized carbons (Fsp3) is 0.0833. The highest BCUT2D eigenvalue weighted by Gasteiger charge is 2.34. The lowest BCUT2D eigenvalue weighted by Gasteiger charge is -2.15. The number of nitrogens with zero attached hydrogens (tertiary/aromatic N) is 1. The van der Waals surface area contributed by atoms with Gasteiger partial charge in [0, 0.05) is 6.20 Å². The molecule has 0 unspecified atom stereocenters. The van der Waals surface area contributed by atoms with E-state index in [1.165, 1.54) is 18.2 Å². The molecule has 0 saturated heterocycles. The van der Waals surface area contributed by atoms with Gasteiger partial charge in [-0.15, -0.1) is 13.2 Å². The monoisotopic (exact) mass is 333 g/mol. The van der Waals surface area contributed by atoms with Crippen molar-refractivity contribution in [3.8, 4) is 5.75 Å². The van der Waals surface area contributed by atoms with Crippen LogP contribution in [0.5, 0.6) is 5.75 Å². The van der Waals surface area contributed by atoms with Crippen LogP contribution in [0, 0.1) is 0 Å². The number of carbonyl (C=O) groups excluding carboxylic acids is 1. The molecule has 1 radical (unpaired) electrons. The van der Waals surface area contributed by atoms with Crippen LogP contribution in [0.3, 0.4) is 0 Å². The largest absolute Gasteiger partial charge is 0.573 e. The number of allylic oxidation sites excluding steroid dienone is 2. The van der Waals surface area contributed by atoms with Gasteiger partial charge in [-0.05, 0) is 24.3 Å². The summed E-state index contributed by atoms with van der Waals surface area (Å²) < 4.78 is 66.7. The van der Waals surface area contributed by atoms with Crippen molar-refractivity contribution in [2.24, 2.45) is 0 Å². The van der Waals surface area contributed by atoms with Crippen molar-refractivity contribution in [1.29, 1.82) is 0 Å². The number of carbonyl (C=O) groups is 1. The van der Waals surface area contributed by atoms with E-state index >= 15 is 0 Å². The van der Waals surface area contributed by atoms with Crippen molar-refractivity contribution in [2.75, 3.05) is 0 Å². The molecule has 0 aliphatic carbocycles. The second-order valence-corrected chi connectivity index (χ2v) is 5.61. The maximum atomic E-state index is 12.3. The summed E-state index contributed by atoms with van der Waals surface area (Å²) in [6.45, 7) is 0. The van der Waals surface area contributed by atoms with E-state index in [1.54, 1.807) is 0 Å². The first-order chi connectivity index (χ1) is 10.2. The lowest BCUT2D eigenvalue weighted by atomic mass is 10.3. The zero-order valence-electron chi connectivity index (χ0n) is 10.7. The van der Waals surface area contributed by atoms with Gasteiger partial charge < -0.3 is 4.74 Å². The van der Waals surface area contributed by atoms with E-state index in [4.69, 9.17) is 0 Å². The fourth-order valence-electron chi connectivity index (χ4n) is 1.55. The molecule has 0 spiro atoms. The molecular formula is C12H8F3N2O4S. The molecule has 1 aliphatic heterocycles. The first-order valence-electron chi connectivity index (χ1n) is 5.69. The Morgan fingerprint density at radius 2 is 1.86 bits per heavy atom. The molecule has 1 N–H and O–H groups in total. The number of para-hydroxylation sites is 1. The highest BCUT2D eigenvalue weighted by molar-refractivity contribution is 7.89. The van der Waals surface area contributed by atoms with Crippen LogP contribution in [-0.4, -0.2) is 20.7 Å². The van der Waals surface area contributed by atoms with Crippen molar-refractivity contribution >= 4 is 15.9 Å². The smallest absolute Gasteiger partial charge is 0.404 e. The Hall–Kier alpha value is -2.49. The normalized spacial score (nSPS) is 15.0. The van der Waals surface area contributed by atoms with Crippen molar-refractivity contribution in [3.05, 3.63) is 48.3 Å². The second-order valence-electron chi connectivity index (χ2n) is 3.96. The Morgan fingerprint density at radius 3 is 2.50 bits per heavy atom. The molecule has 6 nitrogen and oxygen atoms in total. The fourth-order valence-corrected chi connectivity index (χ4v) is 2.74. The van der Waals surface area contributed by atoms with Crippen LogP contribution in [0.4, 0.5) is 13.2 Å². The summed E-state index contributed by atoms with van der Waals surface area (Å²) in [5.74, 6) is -1.76. The molecule has 117 valence electrons. The third kappa shape index (κ3) is 3.79. The summed E-state index contributed by atoms with van der Waals surface area (Å²) >= 11 is 0. The maximum Gasteiger partial charge on any atom is 0.573 e. The van der Waals surface area contributed by atoms with E-state index in [1.807, 2.05) is 4.72 Å². The average molecular weight is 333 g/mol. The number of alkyl halides is 3. The predicted octanol–water partition coefficient (Wildman–Crippen LogP) is 1.41. The van der Waals surface area contributed by atoms with Gasteiger partial charge in [-0.25, -0.2) is 13.7 Å². The number of ether oxygens (including phenoxy) is 1. The zero-order chi connectivity index (χ0) is 16.4. The molecule has 0 fully saturated rings. The topological polar surface area (TPSA) is 86.6 Å². The van der Waals surface area contributed by atoms with Crippen LogP contribution in [-0.2, 0) is 14.8 Å². The summed E-state index contributed by atoms with van der Waals surface area (Å²) in [6, 6.07) is 4.18. The van der Waals surface area contributed by atoms with Gasteiger partial charge in [0.2, 0.25) is 0 Å². The van der Waals surface area contributed by atoms with Crippen molar-refractivity contribution in [3.63, 3.8) is 0 Å². The minimum atomic E-state index is -5.05. The first-order valence-corrected chi connectivity index (χ1v) is 7.17. The molecule has 1 aromatic carbocycles. The average Bonchev–Trinajstić information content (AvgIpc) is 2.40. The standard InChI is InChI=1S/C12H8F3N2O4S/c13-12(14,15)21-9-5-1-2-6-10(9)22(19,20)17-8-4-3-7-16-11(8)18/h1-7,17H. The molecule has 0 saturated carbocycles. The number of rotatable bonds is 4. The minimum Gasteiger partial charge on any atom is -0.404 e. The van der Waals surface area contributed by atoms with Crippen LogP contribution in [0.2, 0.25) is 0 Å². The van der Waals surface area contributed by atoms with Gasteiger partial charge in [-0.2, -0.15) is 0 Å². The van der Waals surface area contributed by atoms with Gasteiger partial charge in [0.25, 0.3) is 15.9 Å². The van der Waals surface area contributed by atoms with E-state index < -0.39 is 32.9 Å². The molecule has 1 aliphatic rings. The number of amides is 1. The van der Waals surface area contributed by atoms with E-state index in [2.05, 4.69) is 10.1 Å². The van der Waals surface area contributed by atoms with Gasteiger partial charge in [0.1, 0.15) is 16.3 Å². The number of benzene rings is 1. The van der Waals surface area contributed by atoms with E-state index in [0.29, 0.717) is 0 Å². The summed E-state index contributed by atoms with van der Waals surface area (Å²) in [6.07, 6.45) is -1.46. The molecule has 1 amide bonds. The van der Waals surface area contributed by atoms with Gasteiger partial charge >= 0.3 is 6.36 Å². The summed E-state index contributed by atoms with van der Waals surface area (Å²) in [5, 5.41) is 3.35. The Kier molecular flexibility index (Phi) is 4.13. The van der Waals surface area contributed by atoms with Gasteiger partial charge in [0.05, 0.1) is 0 Å². The Bertz CT molecular complexity index is 754. The lowest BCUT2D eigenvalue weighted by Crippen LogP contribution is -2.32. The molecule has 2 rings (SSSR count). The van der Waals surface area contributed by atoms with Gasteiger partial charge in [0.15, 0.2) is 0 Å².